The highest BCUT2D eigenvalue weighted by atomic mass is 16.7. The Kier molecular flexibility index (Phi) is 6.23. The second-order valence-corrected chi connectivity index (χ2v) is 11.2. The molecule has 0 radical (unpaired) electrons. The highest BCUT2D eigenvalue weighted by Crippen LogP contribution is 2.55. The van der Waals surface area contributed by atoms with E-state index >= 15 is 0 Å². The zero-order chi connectivity index (χ0) is 26.4. The van der Waals surface area contributed by atoms with Gasteiger partial charge in [-0.3, -0.25) is 24.0 Å². The number of nitrogens with zero attached hydrogens (tertiary/aromatic N) is 1. The van der Waals surface area contributed by atoms with E-state index in [1.165, 1.54) is 0 Å². The number of nitrogens with one attached hydrogen (secondary N) is 3. The topological polar surface area (TPSA) is 143 Å². The monoisotopic (exact) mass is 524 g/mol. The molecule has 3 heterocycles. The van der Waals surface area contributed by atoms with Crippen molar-refractivity contribution in [1.82, 2.24) is 20.9 Å². The lowest BCUT2D eigenvalue weighted by molar-refractivity contribution is -0.141. The van der Waals surface area contributed by atoms with Gasteiger partial charge in [0.15, 0.2) is 11.5 Å². The molecule has 6 rings (SSSR count). The van der Waals surface area contributed by atoms with Crippen LogP contribution in [0.4, 0.5) is 0 Å². The normalized spacial score (nSPS) is 25.5. The average molecular weight is 525 g/mol. The number of carbonyl (C=O) groups excluding carboxylic acids is 5. The number of benzene rings is 1. The molecule has 38 heavy (non-hydrogen) atoms. The Morgan fingerprint density at radius 3 is 2.58 bits per heavy atom. The molecule has 11 nitrogen and oxygen atoms in total. The van der Waals surface area contributed by atoms with Crippen LogP contribution in [0, 0.1) is 11.3 Å². The summed E-state index contributed by atoms with van der Waals surface area (Å²) in [7, 11) is 0. The number of ketones is 1. The molecule has 1 spiro atoms. The van der Waals surface area contributed by atoms with Crippen LogP contribution >= 0.6 is 0 Å². The molecule has 1 aromatic carbocycles. The number of hydrogen-bond acceptors (Lipinski definition) is 7. The van der Waals surface area contributed by atoms with Gasteiger partial charge in [-0.25, -0.2) is 0 Å². The van der Waals surface area contributed by atoms with Crippen molar-refractivity contribution in [3.63, 3.8) is 0 Å². The minimum absolute atomic E-state index is 0.0135. The molecule has 1 aromatic rings. The van der Waals surface area contributed by atoms with E-state index in [2.05, 4.69) is 16.0 Å². The standard InChI is InChI=1S/C27H32N4O7/c32-22(25(35)29-17-2-3-17)18(11-15-5-9-28-23(15)33)30-24(34)19-13-27(6-7-27)8-10-31(19)26(36)16-1-4-20-21(12-16)38-14-37-20/h1,4,12,15,17-19H,2-3,5-11,13-14H2,(H,28,33)(H,29,35)(H,30,34)/t15-,18?,19-/m0/s1. The zero-order valence-electron chi connectivity index (χ0n) is 21.1. The van der Waals surface area contributed by atoms with Crippen LogP contribution in [0.15, 0.2) is 18.2 Å². The van der Waals surface area contributed by atoms with E-state index in [9.17, 15) is 24.0 Å². The molecule has 0 aromatic heterocycles. The van der Waals surface area contributed by atoms with Crippen LogP contribution in [0.2, 0.25) is 0 Å². The molecule has 2 saturated heterocycles. The SMILES string of the molecule is O=C(NC1CC1)C(=O)C(C[C@@H]1CCNC1=O)NC(=O)[C@@H]1CC2(CCN1C(=O)c1ccc3c(c1)OCO3)CC2. The number of Topliss-reactive ketones (excluding diaryl/α,β-unsaturated/α-hetero) is 1. The fourth-order valence-corrected chi connectivity index (χ4v) is 5.74. The van der Waals surface area contributed by atoms with Gasteiger partial charge in [0, 0.05) is 30.6 Å². The summed E-state index contributed by atoms with van der Waals surface area (Å²) in [6.45, 7) is 1.000. The summed E-state index contributed by atoms with van der Waals surface area (Å²) in [5.74, 6) is -1.88. The highest BCUT2D eigenvalue weighted by molar-refractivity contribution is 6.38. The second-order valence-electron chi connectivity index (χ2n) is 11.2. The van der Waals surface area contributed by atoms with Crippen molar-refractivity contribution in [3.8, 4) is 11.5 Å². The van der Waals surface area contributed by atoms with E-state index in [4.69, 9.17) is 9.47 Å². The third-order valence-corrected chi connectivity index (χ3v) is 8.48. The van der Waals surface area contributed by atoms with Gasteiger partial charge >= 0.3 is 0 Å². The highest BCUT2D eigenvalue weighted by Gasteiger charge is 2.51. The van der Waals surface area contributed by atoms with Crippen LogP contribution < -0.4 is 25.4 Å². The number of amides is 4. The smallest absolute Gasteiger partial charge is 0.289 e. The molecule has 5 aliphatic rings. The zero-order valence-corrected chi connectivity index (χ0v) is 21.1. The molecule has 2 saturated carbocycles. The number of fused-ring (bicyclic) bond motifs is 1. The van der Waals surface area contributed by atoms with Crippen molar-refractivity contribution in [2.75, 3.05) is 19.9 Å². The van der Waals surface area contributed by atoms with Gasteiger partial charge < -0.3 is 30.3 Å². The van der Waals surface area contributed by atoms with Crippen LogP contribution in [0.25, 0.3) is 0 Å². The van der Waals surface area contributed by atoms with E-state index in [1.54, 1.807) is 23.1 Å². The Bertz CT molecular complexity index is 1190. The molecule has 3 aliphatic heterocycles. The van der Waals surface area contributed by atoms with E-state index in [-0.39, 0.29) is 36.5 Å². The molecule has 1 unspecified atom stereocenters. The van der Waals surface area contributed by atoms with Crippen molar-refractivity contribution >= 4 is 29.4 Å². The summed E-state index contributed by atoms with van der Waals surface area (Å²) in [4.78, 5) is 66.9. The largest absolute Gasteiger partial charge is 0.454 e. The Hall–Kier alpha value is -3.63. The Labute approximate surface area is 220 Å². The number of rotatable bonds is 8. The predicted octanol–water partition coefficient (Wildman–Crippen LogP) is 0.659. The van der Waals surface area contributed by atoms with Gasteiger partial charge in [0.25, 0.3) is 11.8 Å². The molecule has 4 amide bonds. The van der Waals surface area contributed by atoms with Gasteiger partial charge in [-0.15, -0.1) is 0 Å². The van der Waals surface area contributed by atoms with Crippen LogP contribution in [0.5, 0.6) is 11.5 Å². The number of hydrogen-bond donors (Lipinski definition) is 3. The fourth-order valence-electron chi connectivity index (χ4n) is 5.74. The lowest BCUT2D eigenvalue weighted by atomic mass is 9.86. The lowest BCUT2D eigenvalue weighted by Gasteiger charge is -2.39. The molecule has 3 N–H and O–H groups in total. The molecular weight excluding hydrogens is 492 g/mol. The fraction of sp³-hybridized carbons (Fsp3) is 0.593. The van der Waals surface area contributed by atoms with E-state index < -0.39 is 35.6 Å². The predicted molar refractivity (Wildman–Crippen MR) is 132 cm³/mol. The van der Waals surface area contributed by atoms with Crippen molar-refractivity contribution < 1.29 is 33.4 Å². The van der Waals surface area contributed by atoms with Crippen molar-refractivity contribution in [2.24, 2.45) is 11.3 Å². The summed E-state index contributed by atoms with van der Waals surface area (Å²) in [5, 5.41) is 8.22. The molecule has 202 valence electrons. The molecule has 0 bridgehead atoms. The van der Waals surface area contributed by atoms with E-state index in [1.807, 2.05) is 0 Å². The van der Waals surface area contributed by atoms with Gasteiger partial charge in [0.2, 0.25) is 24.4 Å². The first-order chi connectivity index (χ1) is 18.3. The summed E-state index contributed by atoms with van der Waals surface area (Å²) >= 11 is 0. The maximum atomic E-state index is 13.7. The number of likely N-dealkylation sites (tertiary alicyclic amines) is 1. The number of ether oxygens (including phenoxy) is 2. The Morgan fingerprint density at radius 2 is 1.87 bits per heavy atom. The second kappa shape index (κ2) is 9.59. The van der Waals surface area contributed by atoms with Crippen LogP contribution in [-0.2, 0) is 19.2 Å². The average Bonchev–Trinajstić information content (AvgIpc) is 3.79. The van der Waals surface area contributed by atoms with Crippen LogP contribution in [0.1, 0.15) is 61.7 Å². The molecule has 2 aliphatic carbocycles. The summed E-state index contributed by atoms with van der Waals surface area (Å²) in [6.07, 6.45) is 5.51. The minimum Gasteiger partial charge on any atom is -0.454 e. The van der Waals surface area contributed by atoms with Gasteiger partial charge in [0.05, 0.1) is 6.04 Å². The van der Waals surface area contributed by atoms with E-state index in [0.29, 0.717) is 43.0 Å². The van der Waals surface area contributed by atoms with Crippen molar-refractivity contribution in [1.29, 1.82) is 0 Å². The first-order valence-corrected chi connectivity index (χ1v) is 13.5. The van der Waals surface area contributed by atoms with Crippen LogP contribution in [0.3, 0.4) is 0 Å². The molecule has 4 fully saturated rings. The third kappa shape index (κ3) is 4.93. The first kappa shape index (κ1) is 24.7. The van der Waals surface area contributed by atoms with Crippen molar-refractivity contribution in [3.05, 3.63) is 23.8 Å². The summed E-state index contributed by atoms with van der Waals surface area (Å²) in [6, 6.07) is 3.00. The molecular formula is C27H32N4O7. The number of piperidine rings is 1. The maximum absolute atomic E-state index is 13.7. The van der Waals surface area contributed by atoms with E-state index in [0.717, 1.165) is 32.1 Å². The summed E-state index contributed by atoms with van der Waals surface area (Å²) < 4.78 is 10.8. The molecule has 3 atom stereocenters. The first-order valence-electron chi connectivity index (χ1n) is 13.5. The molecule has 11 heteroatoms. The number of carbonyl (C=O) groups is 5. The van der Waals surface area contributed by atoms with Gasteiger partial charge in [-0.05, 0) is 75.0 Å². The van der Waals surface area contributed by atoms with Crippen LogP contribution in [-0.4, -0.2) is 72.3 Å². The van der Waals surface area contributed by atoms with Gasteiger partial charge in [-0.2, -0.15) is 0 Å². The van der Waals surface area contributed by atoms with Crippen molar-refractivity contribution in [2.45, 2.75) is 69.5 Å². The quantitative estimate of drug-likeness (QED) is 0.424. The summed E-state index contributed by atoms with van der Waals surface area (Å²) in [5.41, 5.74) is 0.417. The van der Waals surface area contributed by atoms with Gasteiger partial charge in [-0.1, -0.05) is 0 Å². The Morgan fingerprint density at radius 1 is 1.08 bits per heavy atom. The Balaban J connectivity index is 1.21. The maximum Gasteiger partial charge on any atom is 0.289 e. The van der Waals surface area contributed by atoms with Gasteiger partial charge in [0.1, 0.15) is 6.04 Å². The minimum atomic E-state index is -1.14. The lowest BCUT2D eigenvalue weighted by Crippen LogP contribution is -2.58. The third-order valence-electron chi connectivity index (χ3n) is 8.48.